The summed E-state index contributed by atoms with van der Waals surface area (Å²) in [5, 5.41) is 12.2. The first-order chi connectivity index (χ1) is 13.4. The van der Waals surface area contributed by atoms with E-state index in [4.69, 9.17) is 9.47 Å². The van der Waals surface area contributed by atoms with Gasteiger partial charge in [0.2, 0.25) is 0 Å². The molecule has 2 rings (SSSR count). The predicted octanol–water partition coefficient (Wildman–Crippen LogP) is 3.89. The van der Waals surface area contributed by atoms with Crippen molar-refractivity contribution in [2.24, 2.45) is 0 Å². The molecule has 0 aliphatic rings. The molecule has 28 heavy (non-hydrogen) atoms. The van der Waals surface area contributed by atoms with Crippen LogP contribution in [0.25, 0.3) is 6.08 Å². The maximum absolute atomic E-state index is 12.4. The minimum Gasteiger partial charge on any atom is -0.493 e. The second kappa shape index (κ2) is 9.61. The molecule has 0 fully saturated rings. The average molecular weight is 378 g/mol. The summed E-state index contributed by atoms with van der Waals surface area (Å²) in [5.41, 5.74) is 5.27. The minimum absolute atomic E-state index is 0.0994. The molecule has 1 amide bonds. The predicted molar refractivity (Wildman–Crippen MR) is 111 cm³/mol. The van der Waals surface area contributed by atoms with Gasteiger partial charge in [0, 0.05) is 6.54 Å². The first-order valence-corrected chi connectivity index (χ1v) is 9.08. The first-order valence-electron chi connectivity index (χ1n) is 9.08. The van der Waals surface area contributed by atoms with Crippen molar-refractivity contribution < 1.29 is 14.3 Å². The number of hydrogen-bond donors (Lipinski definition) is 1. The van der Waals surface area contributed by atoms with Crippen LogP contribution < -0.4 is 14.8 Å². The summed E-state index contributed by atoms with van der Waals surface area (Å²) in [7, 11) is 3.17. The Morgan fingerprint density at radius 1 is 1.07 bits per heavy atom. The second-order valence-corrected chi connectivity index (χ2v) is 6.68. The van der Waals surface area contributed by atoms with Crippen molar-refractivity contribution in [3.05, 3.63) is 63.7 Å². The van der Waals surface area contributed by atoms with E-state index in [2.05, 4.69) is 5.32 Å². The lowest BCUT2D eigenvalue weighted by atomic mass is 9.98. The molecule has 0 heterocycles. The number of methoxy groups -OCH3 is 2. The zero-order chi connectivity index (χ0) is 20.7. The number of carbonyl (C=O) groups excluding carboxylic acids is 1. The number of nitrogens with zero attached hydrogens (tertiary/aromatic N) is 1. The number of rotatable bonds is 7. The Hall–Kier alpha value is -3.26. The molecule has 0 saturated heterocycles. The highest BCUT2D eigenvalue weighted by atomic mass is 16.5. The fourth-order valence-corrected chi connectivity index (χ4v) is 3.16. The fourth-order valence-electron chi connectivity index (χ4n) is 3.16. The molecular formula is C23H26N2O3. The van der Waals surface area contributed by atoms with E-state index in [-0.39, 0.29) is 11.5 Å². The molecule has 0 atom stereocenters. The summed E-state index contributed by atoms with van der Waals surface area (Å²) in [4.78, 5) is 12.4. The summed E-state index contributed by atoms with van der Waals surface area (Å²) >= 11 is 0. The van der Waals surface area contributed by atoms with Crippen molar-refractivity contribution in [3.63, 3.8) is 0 Å². The smallest absolute Gasteiger partial charge is 0.261 e. The third-order valence-electron chi connectivity index (χ3n) is 4.54. The molecular weight excluding hydrogens is 352 g/mol. The molecule has 0 aliphatic carbocycles. The summed E-state index contributed by atoms with van der Waals surface area (Å²) < 4.78 is 10.5. The zero-order valence-corrected chi connectivity index (χ0v) is 17.1. The number of hydrogen-bond acceptors (Lipinski definition) is 4. The van der Waals surface area contributed by atoms with Gasteiger partial charge < -0.3 is 14.8 Å². The maximum Gasteiger partial charge on any atom is 0.261 e. The van der Waals surface area contributed by atoms with Gasteiger partial charge in [-0.1, -0.05) is 23.8 Å². The molecule has 0 aromatic heterocycles. The Balaban J connectivity index is 2.07. The molecule has 5 heteroatoms. The molecule has 2 aromatic rings. The number of carbonyl (C=O) groups is 1. The highest BCUT2D eigenvalue weighted by Crippen LogP contribution is 2.27. The van der Waals surface area contributed by atoms with Crippen LogP contribution in [-0.4, -0.2) is 26.7 Å². The zero-order valence-electron chi connectivity index (χ0n) is 17.1. The topological polar surface area (TPSA) is 71.3 Å². The number of nitrogens with one attached hydrogen (secondary N) is 1. The largest absolute Gasteiger partial charge is 0.493 e. The maximum atomic E-state index is 12.4. The fraction of sp³-hybridized carbons (Fsp3) is 0.304. The summed E-state index contributed by atoms with van der Waals surface area (Å²) in [5.74, 6) is 0.936. The molecule has 2 aromatic carbocycles. The molecule has 146 valence electrons. The highest BCUT2D eigenvalue weighted by Gasteiger charge is 2.11. The van der Waals surface area contributed by atoms with Gasteiger partial charge in [0.1, 0.15) is 11.6 Å². The lowest BCUT2D eigenvalue weighted by Crippen LogP contribution is -2.26. The molecule has 5 nitrogen and oxygen atoms in total. The monoisotopic (exact) mass is 378 g/mol. The summed E-state index contributed by atoms with van der Waals surface area (Å²) in [6.45, 7) is 6.41. The van der Waals surface area contributed by atoms with Crippen LogP contribution in [0.3, 0.4) is 0 Å². The Morgan fingerprint density at radius 3 is 2.29 bits per heavy atom. The van der Waals surface area contributed by atoms with Gasteiger partial charge in [0.15, 0.2) is 11.5 Å². The standard InChI is InChI=1S/C23H26N2O3/c1-15-10-16(2)20(17(3)11-15)13-19(14-24)23(26)25-9-8-18-6-7-21(27-4)22(12-18)28-5/h6-7,10-13H,8-9H2,1-5H3,(H,25,26)/b19-13+. The van der Waals surface area contributed by atoms with Crippen molar-refractivity contribution in [3.8, 4) is 17.6 Å². The summed E-state index contributed by atoms with van der Waals surface area (Å²) in [6, 6.07) is 11.7. The van der Waals surface area contributed by atoms with Gasteiger partial charge in [-0.2, -0.15) is 5.26 Å². The van der Waals surface area contributed by atoms with E-state index < -0.39 is 0 Å². The SMILES string of the molecule is COc1ccc(CCNC(=O)/C(C#N)=C/c2c(C)cc(C)cc2C)cc1OC. The van der Waals surface area contributed by atoms with Gasteiger partial charge >= 0.3 is 0 Å². The minimum atomic E-state index is -0.373. The highest BCUT2D eigenvalue weighted by molar-refractivity contribution is 6.02. The molecule has 0 unspecified atom stereocenters. The Labute approximate surface area is 166 Å². The second-order valence-electron chi connectivity index (χ2n) is 6.68. The van der Waals surface area contributed by atoms with E-state index in [9.17, 15) is 10.1 Å². The third-order valence-corrected chi connectivity index (χ3v) is 4.54. The van der Waals surface area contributed by atoms with Gasteiger partial charge in [-0.25, -0.2) is 0 Å². The van der Waals surface area contributed by atoms with Crippen molar-refractivity contribution in [2.45, 2.75) is 27.2 Å². The number of nitriles is 1. The van der Waals surface area contributed by atoms with Gasteiger partial charge in [-0.15, -0.1) is 0 Å². The number of ether oxygens (including phenoxy) is 2. The van der Waals surface area contributed by atoms with Crippen molar-refractivity contribution in [1.82, 2.24) is 5.32 Å². The molecule has 0 aliphatic heterocycles. The van der Waals surface area contributed by atoms with Crippen molar-refractivity contribution >= 4 is 12.0 Å². The van der Waals surface area contributed by atoms with Crippen LogP contribution in [0.4, 0.5) is 0 Å². The lowest BCUT2D eigenvalue weighted by Gasteiger charge is -2.10. The van der Waals surface area contributed by atoms with Gasteiger partial charge in [-0.3, -0.25) is 4.79 Å². The first kappa shape index (κ1) is 21.0. The van der Waals surface area contributed by atoms with Crippen LogP contribution >= 0.6 is 0 Å². The van der Waals surface area contributed by atoms with Crippen LogP contribution in [0.15, 0.2) is 35.9 Å². The number of amides is 1. The van der Waals surface area contributed by atoms with Gasteiger partial charge in [0.05, 0.1) is 14.2 Å². The van der Waals surface area contributed by atoms with Gasteiger partial charge in [-0.05, 0) is 67.7 Å². The van der Waals surface area contributed by atoms with Crippen LogP contribution in [0.5, 0.6) is 11.5 Å². The van der Waals surface area contributed by atoms with E-state index >= 15 is 0 Å². The molecule has 0 saturated carbocycles. The molecule has 1 N–H and O–H groups in total. The van der Waals surface area contributed by atoms with Crippen molar-refractivity contribution in [1.29, 1.82) is 5.26 Å². The van der Waals surface area contributed by atoms with E-state index in [0.29, 0.717) is 24.5 Å². The lowest BCUT2D eigenvalue weighted by molar-refractivity contribution is -0.117. The van der Waals surface area contributed by atoms with E-state index in [1.54, 1.807) is 20.3 Å². The third kappa shape index (κ3) is 5.14. The summed E-state index contributed by atoms with van der Waals surface area (Å²) in [6.07, 6.45) is 2.28. The van der Waals surface area contributed by atoms with E-state index in [1.165, 1.54) is 0 Å². The molecule has 0 radical (unpaired) electrons. The number of aryl methyl sites for hydroxylation is 3. The van der Waals surface area contributed by atoms with Crippen LogP contribution in [0.1, 0.15) is 27.8 Å². The normalized spacial score (nSPS) is 10.9. The van der Waals surface area contributed by atoms with Crippen LogP contribution in [0, 0.1) is 32.1 Å². The Morgan fingerprint density at radius 2 is 1.71 bits per heavy atom. The van der Waals surface area contributed by atoms with Crippen LogP contribution in [-0.2, 0) is 11.2 Å². The van der Waals surface area contributed by atoms with Gasteiger partial charge in [0.25, 0.3) is 5.91 Å². The quantitative estimate of drug-likeness (QED) is 0.586. The van der Waals surface area contributed by atoms with E-state index in [1.807, 2.05) is 57.2 Å². The van der Waals surface area contributed by atoms with E-state index in [0.717, 1.165) is 27.8 Å². The van der Waals surface area contributed by atoms with Crippen molar-refractivity contribution in [2.75, 3.05) is 20.8 Å². The van der Waals surface area contributed by atoms with Crippen LogP contribution in [0.2, 0.25) is 0 Å². The Bertz CT molecular complexity index is 916. The molecule has 0 spiro atoms. The number of benzene rings is 2. The molecule has 0 bridgehead atoms. The average Bonchev–Trinajstić information content (AvgIpc) is 2.67. The Kier molecular flexibility index (Phi) is 7.22.